The summed E-state index contributed by atoms with van der Waals surface area (Å²) in [5, 5.41) is 2.32. The molecular weight excluding hydrogens is 268 g/mol. The van der Waals surface area contributed by atoms with Gasteiger partial charge in [0.1, 0.15) is 0 Å². The SMILES string of the molecule is [O-][P+]([O-])([O-])C(NC1CCCCCC1)[P+]([O-])(O)O. The van der Waals surface area contributed by atoms with Crippen molar-refractivity contribution in [2.24, 2.45) is 0 Å². The fourth-order valence-electron chi connectivity index (χ4n) is 2.03. The summed E-state index contributed by atoms with van der Waals surface area (Å²) in [6, 6.07) is -0.314. The number of nitrogens with one attached hydrogen (secondary N) is 1. The van der Waals surface area contributed by atoms with Gasteiger partial charge in [-0.15, -0.1) is 0 Å². The van der Waals surface area contributed by atoms with Crippen LogP contribution >= 0.6 is 15.9 Å². The van der Waals surface area contributed by atoms with Crippen LogP contribution in [0.2, 0.25) is 0 Å². The highest BCUT2D eigenvalue weighted by atomic mass is 31.3. The van der Waals surface area contributed by atoms with E-state index in [9.17, 15) is 19.6 Å². The van der Waals surface area contributed by atoms with Crippen molar-refractivity contribution in [3.63, 3.8) is 0 Å². The lowest BCUT2D eigenvalue weighted by Gasteiger charge is -2.49. The molecule has 0 heterocycles. The second kappa shape index (κ2) is 6.15. The Morgan fingerprint density at radius 3 is 1.76 bits per heavy atom. The van der Waals surface area contributed by atoms with E-state index < -0.39 is 21.4 Å². The number of hydrogen-bond acceptors (Lipinski definition) is 7. The summed E-state index contributed by atoms with van der Waals surface area (Å²) in [6.07, 6.45) is 5.05. The lowest BCUT2D eigenvalue weighted by molar-refractivity contribution is -0.430. The summed E-state index contributed by atoms with van der Waals surface area (Å²) in [7, 11) is -10.3. The van der Waals surface area contributed by atoms with Crippen LogP contribution in [0.4, 0.5) is 0 Å². The molecule has 0 bridgehead atoms. The average Bonchev–Trinajstić information content (AvgIpc) is 2.38. The second-order valence-electron chi connectivity index (χ2n) is 4.36. The predicted molar refractivity (Wildman–Crippen MR) is 56.7 cm³/mol. The van der Waals surface area contributed by atoms with Crippen molar-refractivity contribution in [2.45, 2.75) is 50.1 Å². The highest BCUT2D eigenvalue weighted by Gasteiger charge is 2.41. The van der Waals surface area contributed by atoms with Crippen molar-refractivity contribution >= 4 is 15.9 Å². The molecule has 1 atom stereocenters. The summed E-state index contributed by atoms with van der Waals surface area (Å²) in [5.41, 5.74) is -2.29. The number of hydrogen-bond donors (Lipinski definition) is 3. The molecule has 0 aromatic rings. The van der Waals surface area contributed by atoms with Crippen LogP contribution in [0, 0.1) is 0 Å². The van der Waals surface area contributed by atoms with E-state index in [1.54, 1.807) is 0 Å². The van der Waals surface area contributed by atoms with Crippen LogP contribution in [0.15, 0.2) is 0 Å². The molecule has 0 aliphatic heterocycles. The van der Waals surface area contributed by atoms with E-state index in [1.165, 1.54) is 0 Å². The highest BCUT2D eigenvalue weighted by molar-refractivity contribution is 7.74. The third kappa shape index (κ3) is 5.39. The Morgan fingerprint density at radius 2 is 1.41 bits per heavy atom. The van der Waals surface area contributed by atoms with Gasteiger partial charge in [0.15, 0.2) is 0 Å². The van der Waals surface area contributed by atoms with Crippen LogP contribution < -0.4 is 24.9 Å². The van der Waals surface area contributed by atoms with Crippen molar-refractivity contribution in [2.75, 3.05) is 0 Å². The van der Waals surface area contributed by atoms with Gasteiger partial charge in [0.05, 0.1) is 0 Å². The lowest BCUT2D eigenvalue weighted by Crippen LogP contribution is -2.53. The largest absolute Gasteiger partial charge is 0.684 e. The Balaban J connectivity index is 2.65. The Kier molecular flexibility index (Phi) is 5.66. The summed E-state index contributed by atoms with van der Waals surface area (Å²) in [5.74, 6) is 0. The molecule has 0 aromatic heterocycles. The van der Waals surface area contributed by atoms with Crippen molar-refractivity contribution < 1.29 is 29.4 Å². The first-order valence-electron chi connectivity index (χ1n) is 5.54. The zero-order valence-electron chi connectivity index (χ0n) is 9.32. The van der Waals surface area contributed by atoms with E-state index in [4.69, 9.17) is 9.79 Å². The third-order valence-corrected chi connectivity index (χ3v) is 6.14. The van der Waals surface area contributed by atoms with E-state index in [2.05, 4.69) is 5.32 Å². The molecule has 9 heteroatoms. The third-order valence-electron chi connectivity index (χ3n) is 2.86. The minimum absolute atomic E-state index is 0.314. The standard InChI is InChI=1S/C8H19NO6P2/c10-16(11,12)8(17(13,14)15)9-7-5-3-1-2-4-6-7/h7-9H,1-6H2,(H2,10,11,12)(H2,13,14,15)/p-2. The lowest BCUT2D eigenvalue weighted by atomic mass is 10.1. The van der Waals surface area contributed by atoms with E-state index >= 15 is 0 Å². The van der Waals surface area contributed by atoms with Crippen LogP contribution in [0.1, 0.15) is 38.5 Å². The van der Waals surface area contributed by atoms with E-state index in [1.807, 2.05) is 0 Å². The van der Waals surface area contributed by atoms with Crippen molar-refractivity contribution in [3.8, 4) is 0 Å². The van der Waals surface area contributed by atoms with Gasteiger partial charge in [-0.2, -0.15) is 0 Å². The zero-order chi connectivity index (χ0) is 13.1. The molecule has 0 radical (unpaired) electrons. The summed E-state index contributed by atoms with van der Waals surface area (Å²) < 4.78 is 0. The van der Waals surface area contributed by atoms with Crippen molar-refractivity contribution in [1.82, 2.24) is 5.32 Å². The fourth-order valence-corrected chi connectivity index (χ4v) is 4.30. The van der Waals surface area contributed by atoms with Crippen LogP contribution in [0.25, 0.3) is 0 Å². The molecule has 0 amide bonds. The van der Waals surface area contributed by atoms with Gasteiger partial charge in [-0.25, -0.2) is 15.1 Å². The summed E-state index contributed by atoms with van der Waals surface area (Å²) in [6.45, 7) is 0. The Labute approximate surface area is 101 Å². The average molecular weight is 285 g/mol. The smallest absolute Gasteiger partial charge is 0.285 e. The maximum Gasteiger partial charge on any atom is 0.285 e. The molecule has 3 N–H and O–H groups in total. The van der Waals surface area contributed by atoms with Gasteiger partial charge in [0, 0.05) is 6.04 Å². The quantitative estimate of drug-likeness (QED) is 0.383. The van der Waals surface area contributed by atoms with Gasteiger partial charge in [0.25, 0.3) is 13.5 Å². The first-order chi connectivity index (χ1) is 7.71. The molecule has 1 rings (SSSR count). The normalized spacial score (nSPS) is 22.2. The van der Waals surface area contributed by atoms with Gasteiger partial charge in [0.2, 0.25) is 0 Å². The van der Waals surface area contributed by atoms with Gasteiger partial charge in [-0.05, 0) is 12.8 Å². The first-order valence-corrected chi connectivity index (χ1v) is 8.83. The van der Waals surface area contributed by atoms with Crippen LogP contribution in [0.5, 0.6) is 0 Å². The molecule has 0 spiro atoms. The maximum absolute atomic E-state index is 11.0. The molecule has 7 nitrogen and oxygen atoms in total. The Bertz CT molecular complexity index is 219. The molecule has 17 heavy (non-hydrogen) atoms. The van der Waals surface area contributed by atoms with E-state index in [-0.39, 0.29) is 6.04 Å². The fraction of sp³-hybridized carbons (Fsp3) is 1.00. The molecule has 1 fully saturated rings. The molecule has 1 saturated carbocycles. The molecule has 1 unspecified atom stereocenters. The predicted octanol–water partition coefficient (Wildman–Crippen LogP) is -2.47. The van der Waals surface area contributed by atoms with E-state index in [0.717, 1.165) is 25.7 Å². The van der Waals surface area contributed by atoms with Crippen molar-refractivity contribution in [1.29, 1.82) is 0 Å². The monoisotopic (exact) mass is 285 g/mol. The van der Waals surface area contributed by atoms with E-state index in [0.29, 0.717) is 12.8 Å². The molecule has 1 aliphatic rings. The Morgan fingerprint density at radius 1 is 0.941 bits per heavy atom. The van der Waals surface area contributed by atoms with Gasteiger partial charge < -0.3 is 19.6 Å². The summed E-state index contributed by atoms with van der Waals surface area (Å²) >= 11 is 0. The topological polar surface area (TPSA) is 145 Å². The minimum atomic E-state index is -5.35. The molecular formula is C8H17NO6P2-2. The zero-order valence-corrected chi connectivity index (χ0v) is 11.1. The molecule has 1 aliphatic carbocycles. The highest BCUT2D eigenvalue weighted by Crippen LogP contribution is 2.58. The van der Waals surface area contributed by atoms with Crippen molar-refractivity contribution in [3.05, 3.63) is 0 Å². The first kappa shape index (κ1) is 15.6. The van der Waals surface area contributed by atoms with Crippen LogP contribution in [-0.2, 0) is 0 Å². The van der Waals surface area contributed by atoms with Gasteiger partial charge in [-0.1, -0.05) is 33.6 Å². The number of rotatable bonds is 4. The maximum atomic E-state index is 11.0. The second-order valence-corrected chi connectivity index (χ2v) is 8.06. The molecule has 0 aromatic carbocycles. The van der Waals surface area contributed by atoms with Crippen LogP contribution in [-0.4, -0.2) is 21.4 Å². The Hall–Kier alpha value is 0.580. The summed E-state index contributed by atoms with van der Waals surface area (Å²) in [4.78, 5) is 61.3. The van der Waals surface area contributed by atoms with Gasteiger partial charge in [-0.3, -0.25) is 0 Å². The molecule has 0 saturated heterocycles. The van der Waals surface area contributed by atoms with Gasteiger partial charge >= 0.3 is 0 Å². The van der Waals surface area contributed by atoms with Crippen LogP contribution in [0.3, 0.4) is 0 Å². The molecule has 102 valence electrons. The minimum Gasteiger partial charge on any atom is -0.684 e.